The number of halogens is 3. The van der Waals surface area contributed by atoms with E-state index in [-0.39, 0.29) is 12.3 Å². The molecule has 0 saturated carbocycles. The zero-order chi connectivity index (χ0) is 19.8. The maximum atomic E-state index is 13.7. The molecule has 0 aliphatic heterocycles. The summed E-state index contributed by atoms with van der Waals surface area (Å²) in [6, 6.07) is 5.59. The zero-order valence-electron chi connectivity index (χ0n) is 14.9. The summed E-state index contributed by atoms with van der Waals surface area (Å²) in [7, 11) is 0. The third-order valence-electron chi connectivity index (χ3n) is 3.32. The van der Waals surface area contributed by atoms with E-state index in [1.807, 2.05) is 6.92 Å². The lowest BCUT2D eigenvalue weighted by Gasteiger charge is -2.35. The first-order chi connectivity index (χ1) is 12.2. The van der Waals surface area contributed by atoms with Crippen molar-refractivity contribution in [2.75, 3.05) is 18.5 Å². The van der Waals surface area contributed by atoms with Gasteiger partial charge in [0.2, 0.25) is 5.91 Å². The molecule has 1 aromatic rings. The van der Waals surface area contributed by atoms with Crippen molar-refractivity contribution in [2.45, 2.75) is 45.5 Å². The number of anilines is 1. The average Bonchev–Trinajstić information content (AvgIpc) is 2.54. The summed E-state index contributed by atoms with van der Waals surface area (Å²) in [6.07, 6.45) is -3.34. The lowest BCUT2D eigenvalue weighted by atomic mass is 10.1. The first kappa shape index (κ1) is 21.6. The lowest BCUT2D eigenvalue weighted by Crippen LogP contribution is -2.69. The molecule has 1 atom stereocenters. The van der Waals surface area contributed by atoms with Crippen LogP contribution in [0.4, 0.5) is 18.9 Å². The van der Waals surface area contributed by atoms with Crippen LogP contribution >= 0.6 is 0 Å². The fraction of sp³-hybridized carbons (Fsp3) is 0.529. The van der Waals surface area contributed by atoms with Crippen molar-refractivity contribution in [3.05, 3.63) is 24.3 Å². The average molecular weight is 376 g/mol. The van der Waals surface area contributed by atoms with E-state index in [0.29, 0.717) is 12.4 Å². The predicted molar refractivity (Wildman–Crippen MR) is 89.7 cm³/mol. The van der Waals surface area contributed by atoms with E-state index in [2.05, 4.69) is 10.1 Å². The summed E-state index contributed by atoms with van der Waals surface area (Å²) in [6.45, 7) is 4.47. The van der Waals surface area contributed by atoms with Crippen molar-refractivity contribution < 1.29 is 32.2 Å². The minimum atomic E-state index is -5.14. The van der Waals surface area contributed by atoms with Gasteiger partial charge in [-0.3, -0.25) is 4.79 Å². The molecule has 0 aliphatic carbocycles. The van der Waals surface area contributed by atoms with E-state index in [9.17, 15) is 22.8 Å². The quantitative estimate of drug-likeness (QED) is 0.393. The highest BCUT2D eigenvalue weighted by atomic mass is 19.4. The zero-order valence-corrected chi connectivity index (χ0v) is 14.9. The number of nitrogens with one attached hydrogen (secondary N) is 2. The number of rotatable bonds is 9. The number of ether oxygens (including phenoxy) is 2. The number of benzene rings is 1. The Morgan fingerprint density at radius 3 is 2.19 bits per heavy atom. The third kappa shape index (κ3) is 5.53. The number of amides is 1. The van der Waals surface area contributed by atoms with Gasteiger partial charge < -0.3 is 20.1 Å². The van der Waals surface area contributed by atoms with Gasteiger partial charge in [0.15, 0.2) is 0 Å². The van der Waals surface area contributed by atoms with E-state index >= 15 is 0 Å². The molecule has 146 valence electrons. The highest BCUT2D eigenvalue weighted by Gasteiger charge is 2.63. The Labute approximate surface area is 150 Å². The molecule has 0 unspecified atom stereocenters. The molecular formula is C17H23F3N2O4. The minimum Gasteiger partial charge on any atom is -0.494 e. The molecule has 1 rings (SSSR count). The molecular weight excluding hydrogens is 353 g/mol. The second kappa shape index (κ2) is 9.30. The van der Waals surface area contributed by atoms with E-state index in [4.69, 9.17) is 4.74 Å². The van der Waals surface area contributed by atoms with Gasteiger partial charge in [0, 0.05) is 12.6 Å². The second-order valence-corrected chi connectivity index (χ2v) is 5.50. The standard InChI is InChI=1S/C17H23F3N2O4/c1-4-6-11-26-14-9-7-13(8-10-14)22-16(17(18,19)20,21-12(3)23)15(24)25-5-2/h7-10,22H,4-6,11H2,1-3H3,(H,21,23)/t16-/m0/s1. The Morgan fingerprint density at radius 2 is 1.73 bits per heavy atom. The van der Waals surface area contributed by atoms with Gasteiger partial charge in [0.05, 0.1) is 13.2 Å². The molecule has 0 saturated heterocycles. The fourth-order valence-corrected chi connectivity index (χ4v) is 2.08. The topological polar surface area (TPSA) is 76.7 Å². The molecule has 1 aromatic carbocycles. The molecule has 6 nitrogen and oxygen atoms in total. The monoisotopic (exact) mass is 376 g/mol. The highest BCUT2D eigenvalue weighted by Crippen LogP contribution is 2.33. The predicted octanol–water partition coefficient (Wildman–Crippen LogP) is 3.24. The van der Waals surface area contributed by atoms with Crippen LogP contribution in [0.15, 0.2) is 24.3 Å². The number of esters is 1. The molecule has 26 heavy (non-hydrogen) atoms. The molecule has 0 radical (unpaired) electrons. The first-order valence-corrected chi connectivity index (χ1v) is 8.20. The fourth-order valence-electron chi connectivity index (χ4n) is 2.08. The molecule has 9 heteroatoms. The van der Waals surface area contributed by atoms with Crippen LogP contribution in [-0.4, -0.2) is 36.9 Å². The molecule has 0 heterocycles. The Hall–Kier alpha value is -2.45. The number of hydrogen-bond acceptors (Lipinski definition) is 5. The van der Waals surface area contributed by atoms with Crippen molar-refractivity contribution in [3.63, 3.8) is 0 Å². The SMILES string of the molecule is CCCCOc1ccc(N[C@@](NC(C)=O)(C(=O)OCC)C(F)(F)F)cc1. The van der Waals surface area contributed by atoms with Crippen LogP contribution in [-0.2, 0) is 14.3 Å². The molecule has 0 spiro atoms. The molecule has 0 bridgehead atoms. The van der Waals surface area contributed by atoms with Crippen molar-refractivity contribution in [2.24, 2.45) is 0 Å². The Bertz CT molecular complexity index is 605. The first-order valence-electron chi connectivity index (χ1n) is 8.20. The normalized spacial score (nSPS) is 13.5. The molecule has 0 aromatic heterocycles. The Balaban J connectivity index is 3.11. The maximum absolute atomic E-state index is 13.7. The van der Waals surface area contributed by atoms with Crippen LogP contribution in [0, 0.1) is 0 Å². The van der Waals surface area contributed by atoms with Gasteiger partial charge in [0.25, 0.3) is 0 Å². The van der Waals surface area contributed by atoms with Crippen LogP contribution < -0.4 is 15.4 Å². The number of hydrogen-bond donors (Lipinski definition) is 2. The molecule has 0 fully saturated rings. The van der Waals surface area contributed by atoms with Crippen LogP contribution in [0.25, 0.3) is 0 Å². The van der Waals surface area contributed by atoms with Crippen molar-refractivity contribution in [1.82, 2.24) is 5.32 Å². The lowest BCUT2D eigenvalue weighted by molar-refractivity contribution is -0.207. The van der Waals surface area contributed by atoms with E-state index in [1.54, 1.807) is 5.32 Å². The van der Waals surface area contributed by atoms with Gasteiger partial charge in [-0.1, -0.05) is 13.3 Å². The number of unbranched alkanes of at least 4 members (excludes halogenated alkanes) is 1. The van der Waals surface area contributed by atoms with Crippen LogP contribution in [0.2, 0.25) is 0 Å². The van der Waals surface area contributed by atoms with Crippen LogP contribution in [0.3, 0.4) is 0 Å². The summed E-state index contributed by atoms with van der Waals surface area (Å²) < 4.78 is 51.0. The van der Waals surface area contributed by atoms with Crippen LogP contribution in [0.1, 0.15) is 33.6 Å². The van der Waals surface area contributed by atoms with E-state index < -0.39 is 23.7 Å². The summed E-state index contributed by atoms with van der Waals surface area (Å²) >= 11 is 0. The summed E-state index contributed by atoms with van der Waals surface area (Å²) in [5.41, 5.74) is -3.42. The number of carbonyl (C=O) groups excluding carboxylic acids is 2. The van der Waals surface area contributed by atoms with Gasteiger partial charge in [0.1, 0.15) is 5.75 Å². The molecule has 1 amide bonds. The van der Waals surface area contributed by atoms with Crippen LogP contribution in [0.5, 0.6) is 5.75 Å². The molecule has 0 aliphatic rings. The van der Waals surface area contributed by atoms with Crippen molar-refractivity contribution in [1.29, 1.82) is 0 Å². The maximum Gasteiger partial charge on any atom is 0.441 e. The van der Waals surface area contributed by atoms with Gasteiger partial charge in [-0.05, 0) is 37.6 Å². The van der Waals surface area contributed by atoms with Gasteiger partial charge >= 0.3 is 17.8 Å². The second-order valence-electron chi connectivity index (χ2n) is 5.50. The van der Waals surface area contributed by atoms with Crippen molar-refractivity contribution >= 4 is 17.6 Å². The smallest absolute Gasteiger partial charge is 0.441 e. The van der Waals surface area contributed by atoms with Gasteiger partial charge in [-0.2, -0.15) is 13.2 Å². The third-order valence-corrected chi connectivity index (χ3v) is 3.32. The highest BCUT2D eigenvalue weighted by molar-refractivity contribution is 5.90. The number of alkyl halides is 3. The van der Waals surface area contributed by atoms with Gasteiger partial charge in [-0.25, -0.2) is 4.79 Å². The summed E-state index contributed by atoms with van der Waals surface area (Å²) in [5.74, 6) is -2.20. The van der Waals surface area contributed by atoms with Gasteiger partial charge in [-0.15, -0.1) is 0 Å². The largest absolute Gasteiger partial charge is 0.494 e. The van der Waals surface area contributed by atoms with E-state index in [1.165, 1.54) is 31.2 Å². The summed E-state index contributed by atoms with van der Waals surface area (Å²) in [5, 5.41) is 3.70. The Kier molecular flexibility index (Phi) is 7.73. The summed E-state index contributed by atoms with van der Waals surface area (Å²) in [4.78, 5) is 23.4. The molecule has 2 N–H and O–H groups in total. The van der Waals surface area contributed by atoms with Crippen molar-refractivity contribution in [3.8, 4) is 5.75 Å². The minimum absolute atomic E-state index is 0.0352. The van der Waals surface area contributed by atoms with E-state index in [0.717, 1.165) is 19.8 Å². The number of carbonyl (C=O) groups is 2. The Morgan fingerprint density at radius 1 is 1.12 bits per heavy atom.